The lowest BCUT2D eigenvalue weighted by Gasteiger charge is -2.16. The molecule has 0 aliphatic rings. The van der Waals surface area contributed by atoms with Gasteiger partial charge in [0, 0.05) is 12.0 Å². The van der Waals surface area contributed by atoms with Gasteiger partial charge >= 0.3 is 5.97 Å². The highest BCUT2D eigenvalue weighted by Crippen LogP contribution is 2.33. The van der Waals surface area contributed by atoms with Crippen molar-refractivity contribution in [2.45, 2.75) is 39.7 Å². The molecule has 8 nitrogen and oxygen atoms in total. The molecule has 4 rings (SSSR count). The molecule has 170 valence electrons. The normalized spacial score (nSPS) is 11.0. The van der Waals surface area contributed by atoms with Crippen LogP contribution in [0.25, 0.3) is 22.5 Å². The highest BCUT2D eigenvalue weighted by molar-refractivity contribution is 6.32. The lowest BCUT2D eigenvalue weighted by Crippen LogP contribution is -2.16. The Morgan fingerprint density at radius 2 is 1.79 bits per heavy atom. The lowest BCUT2D eigenvalue weighted by molar-refractivity contribution is 0.0514. The fourth-order valence-corrected chi connectivity index (χ4v) is 4.11. The van der Waals surface area contributed by atoms with Crippen molar-refractivity contribution >= 4 is 17.6 Å². The zero-order valence-corrected chi connectivity index (χ0v) is 19.3. The van der Waals surface area contributed by atoms with Crippen molar-refractivity contribution in [1.82, 2.24) is 30.2 Å². The third kappa shape index (κ3) is 4.80. The van der Waals surface area contributed by atoms with Crippen LogP contribution < -0.4 is 0 Å². The predicted octanol–water partition coefficient (Wildman–Crippen LogP) is 4.95. The smallest absolute Gasteiger partial charge is 0.358 e. The lowest BCUT2D eigenvalue weighted by atomic mass is 9.95. The van der Waals surface area contributed by atoms with Gasteiger partial charge in [-0.25, -0.2) is 9.78 Å². The second-order valence-electron chi connectivity index (χ2n) is 7.52. The van der Waals surface area contributed by atoms with Crippen LogP contribution in [-0.4, -0.2) is 42.8 Å². The summed E-state index contributed by atoms with van der Waals surface area (Å²) in [4.78, 5) is 17.2. The second-order valence-corrected chi connectivity index (χ2v) is 7.87. The molecule has 0 atom stereocenters. The number of aryl methyl sites for hydroxylation is 1. The first-order valence-corrected chi connectivity index (χ1v) is 11.3. The molecule has 2 aromatic carbocycles. The van der Waals surface area contributed by atoms with Gasteiger partial charge in [-0.15, -0.1) is 10.2 Å². The number of tetrazole rings is 1. The van der Waals surface area contributed by atoms with E-state index in [9.17, 15) is 4.79 Å². The molecule has 1 N–H and O–H groups in total. The van der Waals surface area contributed by atoms with E-state index in [0.717, 1.165) is 47.3 Å². The van der Waals surface area contributed by atoms with E-state index >= 15 is 0 Å². The van der Waals surface area contributed by atoms with Gasteiger partial charge in [0.1, 0.15) is 5.82 Å². The number of unbranched alkanes of at least 4 members (excludes halogenated alkanes) is 1. The number of halogens is 1. The molecule has 4 aromatic rings. The van der Waals surface area contributed by atoms with Gasteiger partial charge in [-0.3, -0.25) is 0 Å². The number of benzene rings is 2. The van der Waals surface area contributed by atoms with Gasteiger partial charge in [-0.2, -0.15) is 5.21 Å². The molecule has 2 aromatic heterocycles. The highest BCUT2D eigenvalue weighted by Gasteiger charge is 2.24. The number of carbonyl (C=O) groups is 1. The van der Waals surface area contributed by atoms with Crippen LogP contribution in [0.15, 0.2) is 48.5 Å². The van der Waals surface area contributed by atoms with Gasteiger partial charge in [0.25, 0.3) is 0 Å². The van der Waals surface area contributed by atoms with E-state index in [-0.39, 0.29) is 17.5 Å². The Bertz CT molecular complexity index is 1240. The first-order valence-electron chi connectivity index (χ1n) is 11.0. The zero-order valence-electron chi connectivity index (χ0n) is 18.6. The minimum absolute atomic E-state index is 0.171. The number of aromatic nitrogens is 6. The molecule has 0 aliphatic carbocycles. The summed E-state index contributed by atoms with van der Waals surface area (Å²) in [6.45, 7) is 4.57. The Kier molecular flexibility index (Phi) is 7.14. The molecule has 0 saturated heterocycles. The summed E-state index contributed by atoms with van der Waals surface area (Å²) in [5.74, 6) is 0.815. The van der Waals surface area contributed by atoms with Crippen LogP contribution in [0.3, 0.4) is 0 Å². The number of H-pyrrole nitrogens is 1. The summed E-state index contributed by atoms with van der Waals surface area (Å²) >= 11 is 6.42. The number of esters is 1. The van der Waals surface area contributed by atoms with Gasteiger partial charge in [0.15, 0.2) is 10.8 Å². The summed E-state index contributed by atoms with van der Waals surface area (Å²) in [6.07, 6.45) is 2.67. The van der Waals surface area contributed by atoms with Crippen LogP contribution in [0.2, 0.25) is 5.15 Å². The van der Waals surface area contributed by atoms with Crippen molar-refractivity contribution in [1.29, 1.82) is 0 Å². The minimum atomic E-state index is -0.470. The minimum Gasteiger partial charge on any atom is -0.461 e. The molecule has 2 heterocycles. The second kappa shape index (κ2) is 10.4. The Morgan fingerprint density at radius 1 is 1.06 bits per heavy atom. The molecular formula is C24H25ClN6O2. The van der Waals surface area contributed by atoms with E-state index in [1.165, 1.54) is 0 Å². The van der Waals surface area contributed by atoms with Gasteiger partial charge in [0.2, 0.25) is 5.82 Å². The largest absolute Gasteiger partial charge is 0.461 e. The number of nitrogens with one attached hydrogen (secondary N) is 1. The average Bonchev–Trinajstić information content (AvgIpc) is 3.46. The Morgan fingerprint density at radius 3 is 2.48 bits per heavy atom. The quantitative estimate of drug-likeness (QED) is 0.352. The fourth-order valence-electron chi connectivity index (χ4n) is 3.84. The number of carbonyl (C=O) groups excluding carboxylic acids is 1. The molecule has 0 bridgehead atoms. The monoisotopic (exact) mass is 464 g/mol. The number of hydrogen-bond acceptors (Lipinski definition) is 6. The van der Waals surface area contributed by atoms with Crippen LogP contribution in [0.4, 0.5) is 0 Å². The first-order chi connectivity index (χ1) is 16.1. The summed E-state index contributed by atoms with van der Waals surface area (Å²) in [5, 5.41) is 14.7. The highest BCUT2D eigenvalue weighted by atomic mass is 35.5. The van der Waals surface area contributed by atoms with Crippen molar-refractivity contribution in [2.24, 2.45) is 0 Å². The Labute approximate surface area is 197 Å². The van der Waals surface area contributed by atoms with E-state index in [0.29, 0.717) is 12.4 Å². The molecule has 0 radical (unpaired) electrons. The summed E-state index contributed by atoms with van der Waals surface area (Å²) < 4.78 is 7.16. The maximum Gasteiger partial charge on any atom is 0.358 e. The van der Waals surface area contributed by atoms with E-state index in [4.69, 9.17) is 16.3 Å². The number of hydrogen-bond donors (Lipinski definition) is 1. The predicted molar refractivity (Wildman–Crippen MR) is 126 cm³/mol. The molecular weight excluding hydrogens is 440 g/mol. The van der Waals surface area contributed by atoms with Crippen molar-refractivity contribution in [2.75, 3.05) is 6.61 Å². The molecule has 9 heteroatoms. The number of nitrogens with zero attached hydrogens (tertiary/aromatic N) is 5. The van der Waals surface area contributed by atoms with E-state index in [2.05, 4.69) is 32.5 Å². The number of rotatable bonds is 9. The molecule has 0 aliphatic heterocycles. The number of imidazole rings is 1. The fraction of sp³-hybridized carbons (Fsp3) is 0.292. The Balaban J connectivity index is 1.81. The molecule has 0 spiro atoms. The topological polar surface area (TPSA) is 98.6 Å². The molecule has 0 amide bonds. The van der Waals surface area contributed by atoms with E-state index in [1.54, 1.807) is 6.92 Å². The van der Waals surface area contributed by atoms with Gasteiger partial charge in [0.05, 0.1) is 13.2 Å². The first kappa shape index (κ1) is 22.7. The van der Waals surface area contributed by atoms with Crippen LogP contribution in [0, 0.1) is 0 Å². The van der Waals surface area contributed by atoms with Crippen molar-refractivity contribution < 1.29 is 9.53 Å². The van der Waals surface area contributed by atoms with E-state index < -0.39 is 5.97 Å². The zero-order chi connectivity index (χ0) is 23.2. The third-order valence-electron chi connectivity index (χ3n) is 5.38. The van der Waals surface area contributed by atoms with Crippen LogP contribution in [-0.2, 0) is 17.7 Å². The van der Waals surface area contributed by atoms with Gasteiger partial charge in [-0.05, 0) is 35.2 Å². The van der Waals surface area contributed by atoms with Crippen molar-refractivity contribution in [3.8, 4) is 22.5 Å². The van der Waals surface area contributed by atoms with Crippen molar-refractivity contribution in [3.05, 3.63) is 70.8 Å². The third-order valence-corrected chi connectivity index (χ3v) is 5.64. The average molecular weight is 465 g/mol. The number of ether oxygens (including phenoxy) is 1. The van der Waals surface area contributed by atoms with Gasteiger partial charge < -0.3 is 9.30 Å². The summed E-state index contributed by atoms with van der Waals surface area (Å²) in [6, 6.07) is 15.9. The SMILES string of the molecule is CCCCc1nc(Cl)c(C(=O)OCC)n1Cc1ccccc1-c1ccccc1-c1nn[nH]n1. The molecule has 0 fully saturated rings. The van der Waals surface area contributed by atoms with E-state index in [1.807, 2.05) is 53.1 Å². The number of aromatic amines is 1. The molecule has 0 saturated carbocycles. The van der Waals surface area contributed by atoms with Gasteiger partial charge in [-0.1, -0.05) is 73.5 Å². The molecule has 0 unspecified atom stereocenters. The van der Waals surface area contributed by atoms with Crippen LogP contribution in [0.1, 0.15) is 48.6 Å². The summed E-state index contributed by atoms with van der Waals surface area (Å²) in [7, 11) is 0. The van der Waals surface area contributed by atoms with Crippen LogP contribution in [0.5, 0.6) is 0 Å². The van der Waals surface area contributed by atoms with Crippen molar-refractivity contribution in [3.63, 3.8) is 0 Å². The standard InChI is InChI=1S/C24H25ClN6O2/c1-3-5-14-20-26-22(25)21(24(32)33-4-2)31(20)15-16-10-6-7-11-17(16)18-12-8-9-13-19(18)23-27-29-30-28-23/h6-13H,3-5,14-15H2,1-2H3,(H,27,28,29,30). The molecule has 33 heavy (non-hydrogen) atoms. The van der Waals surface area contributed by atoms with Crippen LogP contribution >= 0.6 is 11.6 Å². The maximum absolute atomic E-state index is 12.7. The summed E-state index contributed by atoms with van der Waals surface area (Å²) in [5.41, 5.74) is 4.11. The maximum atomic E-state index is 12.7. The Hall–Kier alpha value is -3.52.